The molecule has 1 N–H and O–H groups in total. The lowest BCUT2D eigenvalue weighted by Crippen LogP contribution is -2.23. The number of ether oxygens (including phenoxy) is 2. The van der Waals surface area contributed by atoms with Crippen molar-refractivity contribution in [1.82, 2.24) is 0 Å². The topological polar surface area (TPSA) is 66.6 Å². The maximum absolute atomic E-state index is 9.37. The summed E-state index contributed by atoms with van der Waals surface area (Å²) in [5, 5.41) is 12.7. The molecule has 2 aromatic carbocycles. The van der Waals surface area contributed by atoms with E-state index in [2.05, 4.69) is 10.1 Å². The average Bonchev–Trinajstić information content (AvgIpc) is 2.77. The molecule has 1 heterocycles. The van der Waals surface area contributed by atoms with Gasteiger partial charge in [-0.3, -0.25) is 0 Å². The second kappa shape index (κ2) is 6.84. The Morgan fingerprint density at radius 2 is 1.76 bits per heavy atom. The van der Waals surface area contributed by atoms with Crippen LogP contribution >= 0.6 is 0 Å². The molecule has 2 aromatic rings. The number of amidine groups is 1. The maximum Gasteiger partial charge on any atom is 0.187 e. The third kappa shape index (κ3) is 3.03. The average molecular weight is 339 g/mol. The molecule has 0 radical (unpaired) electrons. The van der Waals surface area contributed by atoms with Crippen molar-refractivity contribution in [3.05, 3.63) is 53.1 Å². The zero-order valence-electron chi connectivity index (χ0n) is 14.8. The van der Waals surface area contributed by atoms with Gasteiger partial charge in [-0.25, -0.2) is 4.99 Å². The number of aliphatic imine (C=N–C) groups is 1. The van der Waals surface area contributed by atoms with Crippen LogP contribution in [0.3, 0.4) is 0 Å². The van der Waals surface area contributed by atoms with E-state index in [1.54, 1.807) is 14.2 Å². The lowest BCUT2D eigenvalue weighted by molar-refractivity contribution is 0.317. The van der Waals surface area contributed by atoms with Crippen molar-refractivity contribution in [3.8, 4) is 11.5 Å². The number of benzene rings is 2. The monoisotopic (exact) mass is 339 g/mol. The predicted octanol–water partition coefficient (Wildman–Crippen LogP) is 3.09. The largest absolute Gasteiger partial charge is 0.496 e. The third-order valence-electron chi connectivity index (χ3n) is 4.19. The van der Waals surface area contributed by atoms with Crippen LogP contribution in [-0.4, -0.2) is 44.6 Å². The number of anilines is 1. The second-order valence-corrected chi connectivity index (χ2v) is 5.89. The van der Waals surface area contributed by atoms with Gasteiger partial charge in [0, 0.05) is 18.3 Å². The quantitative estimate of drug-likeness (QED) is 0.689. The number of likely N-dealkylation sites (N-methyl/N-ethyl adjacent to an activating group) is 1. The maximum atomic E-state index is 9.37. The first-order chi connectivity index (χ1) is 12.1. The van der Waals surface area contributed by atoms with E-state index in [0.717, 1.165) is 22.4 Å². The van der Waals surface area contributed by atoms with Gasteiger partial charge in [-0.15, -0.1) is 0 Å². The Morgan fingerprint density at radius 3 is 2.36 bits per heavy atom. The Kier molecular flexibility index (Phi) is 4.61. The summed E-state index contributed by atoms with van der Waals surface area (Å²) >= 11 is 0. The van der Waals surface area contributed by atoms with E-state index in [4.69, 9.17) is 9.47 Å². The summed E-state index contributed by atoms with van der Waals surface area (Å²) in [4.78, 5) is 6.61. The van der Waals surface area contributed by atoms with Crippen molar-refractivity contribution >= 4 is 17.2 Å². The first-order valence-corrected chi connectivity index (χ1v) is 7.92. The molecule has 130 valence electrons. The molecule has 0 fully saturated rings. The molecular weight excluding hydrogens is 318 g/mol. The first-order valence-electron chi connectivity index (χ1n) is 7.92. The van der Waals surface area contributed by atoms with Crippen molar-refractivity contribution in [2.75, 3.05) is 32.7 Å². The number of nitrogens with zero attached hydrogens (tertiary/aromatic N) is 3. The van der Waals surface area contributed by atoms with Gasteiger partial charge < -0.3 is 19.6 Å². The highest BCUT2D eigenvalue weighted by atomic mass is 16.5. The highest BCUT2D eigenvalue weighted by Gasteiger charge is 2.25. The molecule has 0 bridgehead atoms. The molecule has 0 aromatic heterocycles. The van der Waals surface area contributed by atoms with Gasteiger partial charge in [-0.2, -0.15) is 0 Å². The molecule has 1 aliphatic heterocycles. The Morgan fingerprint density at radius 1 is 1.12 bits per heavy atom. The predicted molar refractivity (Wildman–Crippen MR) is 98.9 cm³/mol. The SMILES string of the molecule is COc1cc(C)cc(OC)c1C1=N/C(=N/O)CN(C)c2ccccc21. The van der Waals surface area contributed by atoms with Gasteiger partial charge in [0.2, 0.25) is 0 Å². The molecule has 25 heavy (non-hydrogen) atoms. The van der Waals surface area contributed by atoms with Crippen LogP contribution < -0.4 is 14.4 Å². The molecule has 0 saturated carbocycles. The minimum atomic E-state index is 0.318. The number of para-hydroxylation sites is 1. The fourth-order valence-electron chi connectivity index (χ4n) is 3.05. The minimum Gasteiger partial charge on any atom is -0.496 e. The number of fused-ring (bicyclic) bond motifs is 1. The molecule has 0 atom stereocenters. The molecule has 6 heteroatoms. The Hall–Kier alpha value is -3.02. The van der Waals surface area contributed by atoms with E-state index in [1.165, 1.54) is 0 Å². The van der Waals surface area contributed by atoms with Crippen LogP contribution in [0.15, 0.2) is 46.5 Å². The summed E-state index contributed by atoms with van der Waals surface area (Å²) in [6.07, 6.45) is 0. The van der Waals surface area contributed by atoms with Crippen molar-refractivity contribution < 1.29 is 14.7 Å². The number of methoxy groups -OCH3 is 2. The molecule has 6 nitrogen and oxygen atoms in total. The highest BCUT2D eigenvalue weighted by molar-refractivity contribution is 6.23. The highest BCUT2D eigenvalue weighted by Crippen LogP contribution is 2.36. The summed E-state index contributed by atoms with van der Waals surface area (Å²) in [6.45, 7) is 2.37. The van der Waals surface area contributed by atoms with E-state index in [0.29, 0.717) is 29.6 Å². The standard InChI is InChI=1S/C19H21N3O3/c1-12-9-15(24-3)18(16(10-12)25-4)19-13-7-5-6-8-14(13)22(2)11-17(20-19)21-23/h5-10,23H,11H2,1-4H3/b21-17+. The van der Waals surface area contributed by atoms with Gasteiger partial charge in [-0.1, -0.05) is 23.4 Å². The normalized spacial score (nSPS) is 15.4. The van der Waals surface area contributed by atoms with Crippen molar-refractivity contribution in [2.24, 2.45) is 10.1 Å². The van der Waals surface area contributed by atoms with Crippen molar-refractivity contribution in [2.45, 2.75) is 6.92 Å². The lowest BCUT2D eigenvalue weighted by atomic mass is 9.97. The molecule has 3 rings (SSSR count). The van der Waals surface area contributed by atoms with Gasteiger partial charge in [0.25, 0.3) is 0 Å². The van der Waals surface area contributed by atoms with Gasteiger partial charge in [0.1, 0.15) is 11.5 Å². The summed E-state index contributed by atoms with van der Waals surface area (Å²) in [5.41, 5.74) is 4.32. The number of hydrogen-bond donors (Lipinski definition) is 1. The molecule has 0 aliphatic carbocycles. The van der Waals surface area contributed by atoms with E-state index >= 15 is 0 Å². The van der Waals surface area contributed by atoms with Crippen LogP contribution in [0.25, 0.3) is 0 Å². The van der Waals surface area contributed by atoms with E-state index in [9.17, 15) is 5.21 Å². The number of rotatable bonds is 3. The summed E-state index contributed by atoms with van der Waals surface area (Å²) in [5.74, 6) is 1.64. The molecular formula is C19H21N3O3. The third-order valence-corrected chi connectivity index (χ3v) is 4.19. The molecule has 0 saturated heterocycles. The van der Waals surface area contributed by atoms with Gasteiger partial charge in [0.15, 0.2) is 5.84 Å². The summed E-state index contributed by atoms with van der Waals surface area (Å²) in [7, 11) is 5.17. The fourth-order valence-corrected chi connectivity index (χ4v) is 3.05. The molecule has 0 amide bonds. The van der Waals surface area contributed by atoms with Crippen LogP contribution in [0.5, 0.6) is 11.5 Å². The molecule has 0 unspecified atom stereocenters. The van der Waals surface area contributed by atoms with E-state index < -0.39 is 0 Å². The van der Waals surface area contributed by atoms with Gasteiger partial charge >= 0.3 is 0 Å². The summed E-state index contributed by atoms with van der Waals surface area (Å²) in [6, 6.07) is 11.8. The lowest BCUT2D eigenvalue weighted by Gasteiger charge is -2.20. The van der Waals surface area contributed by atoms with Crippen LogP contribution in [0, 0.1) is 6.92 Å². The number of oxime groups is 1. The second-order valence-electron chi connectivity index (χ2n) is 5.89. The Balaban J connectivity index is 2.35. The molecule has 1 aliphatic rings. The first kappa shape index (κ1) is 16.8. The number of hydrogen-bond acceptors (Lipinski definition) is 5. The zero-order chi connectivity index (χ0) is 18.0. The zero-order valence-corrected chi connectivity index (χ0v) is 14.8. The van der Waals surface area contributed by atoms with Crippen LogP contribution in [0.4, 0.5) is 5.69 Å². The van der Waals surface area contributed by atoms with E-state index in [1.807, 2.05) is 55.3 Å². The Bertz CT molecular complexity index is 834. The number of aryl methyl sites for hydroxylation is 1. The van der Waals surface area contributed by atoms with Crippen LogP contribution in [0.1, 0.15) is 16.7 Å². The fraction of sp³-hybridized carbons (Fsp3) is 0.263. The van der Waals surface area contributed by atoms with Crippen LogP contribution in [0.2, 0.25) is 0 Å². The molecule has 0 spiro atoms. The van der Waals surface area contributed by atoms with E-state index in [-0.39, 0.29) is 0 Å². The van der Waals surface area contributed by atoms with Gasteiger partial charge in [0.05, 0.1) is 32.0 Å². The van der Waals surface area contributed by atoms with Crippen molar-refractivity contribution in [1.29, 1.82) is 0 Å². The number of benzodiazepines with no additional fused rings is 1. The minimum absolute atomic E-state index is 0.318. The smallest absolute Gasteiger partial charge is 0.187 e. The van der Waals surface area contributed by atoms with Crippen LogP contribution in [-0.2, 0) is 0 Å². The van der Waals surface area contributed by atoms with Gasteiger partial charge in [-0.05, 0) is 30.7 Å². The Labute approximate surface area is 147 Å². The van der Waals surface area contributed by atoms with Crippen molar-refractivity contribution in [3.63, 3.8) is 0 Å². The summed E-state index contributed by atoms with van der Waals surface area (Å²) < 4.78 is 11.2.